The van der Waals surface area contributed by atoms with Crippen molar-refractivity contribution in [3.05, 3.63) is 46.7 Å². The second-order valence-electron chi connectivity index (χ2n) is 8.24. The Hall–Kier alpha value is -2.74. The molecular formula is C21H28N6O2. The molecule has 3 aromatic heterocycles. The van der Waals surface area contributed by atoms with Gasteiger partial charge in [0, 0.05) is 18.9 Å². The zero-order valence-electron chi connectivity index (χ0n) is 17.2. The van der Waals surface area contributed by atoms with Gasteiger partial charge in [0.05, 0.1) is 17.8 Å². The van der Waals surface area contributed by atoms with E-state index in [0.717, 1.165) is 18.5 Å². The Kier molecular flexibility index (Phi) is 5.36. The van der Waals surface area contributed by atoms with Crippen molar-refractivity contribution in [2.45, 2.75) is 58.6 Å². The number of hydrogen-bond donors (Lipinski definition) is 2. The summed E-state index contributed by atoms with van der Waals surface area (Å²) in [7, 11) is 1.79. The van der Waals surface area contributed by atoms with Crippen LogP contribution in [0.4, 0.5) is 0 Å². The molecule has 0 spiro atoms. The van der Waals surface area contributed by atoms with Gasteiger partial charge in [0.15, 0.2) is 11.5 Å². The number of aromatic nitrogens is 5. The van der Waals surface area contributed by atoms with Gasteiger partial charge in [-0.2, -0.15) is 5.10 Å². The molecule has 3 aromatic rings. The molecule has 1 aliphatic carbocycles. The number of nitrogens with zero attached hydrogens (tertiary/aromatic N) is 5. The molecule has 1 amide bonds. The molecule has 0 aromatic carbocycles. The second-order valence-corrected chi connectivity index (χ2v) is 8.24. The standard InChI is InChI=1S/C21H28N6O2/c1-13(2)19(28)20-25-24-18-10-9-14(11-27(18)20)21(29)26(3)12-17-15-7-5-4-6-8-16(15)22-23-17/h9-11,13,19,28H,4-8,12H2,1-3H3,(H,22,23). The fourth-order valence-electron chi connectivity index (χ4n) is 3.91. The minimum atomic E-state index is -0.743. The molecule has 4 rings (SSSR count). The summed E-state index contributed by atoms with van der Waals surface area (Å²) < 4.78 is 1.70. The summed E-state index contributed by atoms with van der Waals surface area (Å²) in [6.07, 6.45) is 6.61. The van der Waals surface area contributed by atoms with E-state index >= 15 is 0 Å². The van der Waals surface area contributed by atoms with Crippen LogP contribution in [0, 0.1) is 5.92 Å². The molecule has 0 radical (unpaired) electrons. The number of aromatic amines is 1. The SMILES string of the molecule is CC(C)C(O)c1nnc2ccc(C(=O)N(C)Cc3n[nH]c4c3CCCCC4)cn12. The molecule has 29 heavy (non-hydrogen) atoms. The molecular weight excluding hydrogens is 368 g/mol. The van der Waals surface area contributed by atoms with Crippen molar-refractivity contribution < 1.29 is 9.90 Å². The van der Waals surface area contributed by atoms with Crippen molar-refractivity contribution in [3.8, 4) is 0 Å². The molecule has 3 heterocycles. The van der Waals surface area contributed by atoms with Crippen LogP contribution < -0.4 is 0 Å². The summed E-state index contributed by atoms with van der Waals surface area (Å²) in [5.74, 6) is 0.347. The summed E-state index contributed by atoms with van der Waals surface area (Å²) >= 11 is 0. The van der Waals surface area contributed by atoms with Gasteiger partial charge >= 0.3 is 0 Å². The van der Waals surface area contributed by atoms with Crippen LogP contribution in [-0.2, 0) is 19.4 Å². The number of carbonyl (C=O) groups is 1. The maximum atomic E-state index is 13.1. The van der Waals surface area contributed by atoms with E-state index < -0.39 is 6.10 Å². The van der Waals surface area contributed by atoms with Crippen molar-refractivity contribution in [1.82, 2.24) is 29.7 Å². The minimum absolute atomic E-state index is 0.000597. The second kappa shape index (κ2) is 7.94. The number of fused-ring (bicyclic) bond motifs is 2. The summed E-state index contributed by atoms with van der Waals surface area (Å²) in [5, 5.41) is 26.2. The average molecular weight is 396 g/mol. The highest BCUT2D eigenvalue weighted by molar-refractivity contribution is 5.94. The lowest BCUT2D eigenvalue weighted by atomic mass is 10.1. The Morgan fingerprint density at radius 3 is 2.83 bits per heavy atom. The van der Waals surface area contributed by atoms with Gasteiger partial charge in [-0.1, -0.05) is 20.3 Å². The zero-order valence-corrected chi connectivity index (χ0v) is 17.2. The molecule has 2 N–H and O–H groups in total. The number of aryl methyl sites for hydroxylation is 1. The van der Waals surface area contributed by atoms with E-state index in [1.54, 1.807) is 34.7 Å². The maximum Gasteiger partial charge on any atom is 0.255 e. The van der Waals surface area contributed by atoms with Crippen LogP contribution in [0.5, 0.6) is 0 Å². The molecule has 1 unspecified atom stereocenters. The highest BCUT2D eigenvalue weighted by Crippen LogP contribution is 2.23. The number of nitrogens with one attached hydrogen (secondary N) is 1. The van der Waals surface area contributed by atoms with Crippen LogP contribution in [-0.4, -0.2) is 47.8 Å². The Morgan fingerprint density at radius 2 is 2.03 bits per heavy atom. The Labute approximate surface area is 170 Å². The van der Waals surface area contributed by atoms with E-state index in [4.69, 9.17) is 0 Å². The Balaban J connectivity index is 1.57. The van der Waals surface area contributed by atoms with Crippen LogP contribution in [0.2, 0.25) is 0 Å². The van der Waals surface area contributed by atoms with Crippen LogP contribution in [0.3, 0.4) is 0 Å². The average Bonchev–Trinajstić information content (AvgIpc) is 3.22. The van der Waals surface area contributed by atoms with Gasteiger partial charge in [-0.05, 0) is 49.3 Å². The molecule has 8 nitrogen and oxygen atoms in total. The predicted octanol–water partition coefficient (Wildman–Crippen LogP) is 2.68. The van der Waals surface area contributed by atoms with Gasteiger partial charge in [-0.25, -0.2) is 0 Å². The summed E-state index contributed by atoms with van der Waals surface area (Å²) in [6.45, 7) is 4.30. The molecule has 0 fully saturated rings. The zero-order chi connectivity index (χ0) is 20.5. The number of aliphatic hydroxyl groups excluding tert-OH is 1. The normalized spacial score (nSPS) is 15.3. The first-order chi connectivity index (χ1) is 14.0. The topological polar surface area (TPSA) is 99.4 Å². The largest absolute Gasteiger partial charge is 0.385 e. The van der Waals surface area contributed by atoms with E-state index in [-0.39, 0.29) is 11.8 Å². The number of H-pyrrole nitrogens is 1. The maximum absolute atomic E-state index is 13.1. The monoisotopic (exact) mass is 396 g/mol. The molecule has 8 heteroatoms. The molecule has 0 aliphatic heterocycles. The van der Waals surface area contributed by atoms with Crippen molar-refractivity contribution >= 4 is 11.6 Å². The third-order valence-electron chi connectivity index (χ3n) is 5.70. The van der Waals surface area contributed by atoms with Crippen molar-refractivity contribution in [2.75, 3.05) is 7.05 Å². The number of pyridine rings is 1. The summed E-state index contributed by atoms with van der Waals surface area (Å²) in [4.78, 5) is 14.7. The van der Waals surface area contributed by atoms with E-state index in [9.17, 15) is 9.90 Å². The molecule has 1 aliphatic rings. The Bertz CT molecular complexity index is 1020. The first kappa shape index (κ1) is 19.6. The van der Waals surface area contributed by atoms with Crippen molar-refractivity contribution in [3.63, 3.8) is 0 Å². The lowest BCUT2D eigenvalue weighted by Gasteiger charge is -2.17. The number of amides is 1. The van der Waals surface area contributed by atoms with Crippen LogP contribution in [0.1, 0.15) is 72.3 Å². The minimum Gasteiger partial charge on any atom is -0.385 e. The fourth-order valence-corrected chi connectivity index (χ4v) is 3.91. The lowest BCUT2D eigenvalue weighted by Crippen LogP contribution is -2.27. The van der Waals surface area contributed by atoms with E-state index in [2.05, 4.69) is 20.4 Å². The smallest absolute Gasteiger partial charge is 0.255 e. The van der Waals surface area contributed by atoms with Gasteiger partial charge in [-0.15, -0.1) is 10.2 Å². The Morgan fingerprint density at radius 1 is 1.24 bits per heavy atom. The molecule has 0 saturated heterocycles. The molecule has 1 atom stereocenters. The van der Waals surface area contributed by atoms with Crippen LogP contribution in [0.25, 0.3) is 5.65 Å². The highest BCUT2D eigenvalue weighted by atomic mass is 16.3. The van der Waals surface area contributed by atoms with Gasteiger partial charge in [-0.3, -0.25) is 14.3 Å². The predicted molar refractivity (Wildman–Crippen MR) is 108 cm³/mol. The van der Waals surface area contributed by atoms with Crippen molar-refractivity contribution in [2.24, 2.45) is 5.92 Å². The van der Waals surface area contributed by atoms with Gasteiger partial charge < -0.3 is 10.0 Å². The first-order valence-electron chi connectivity index (χ1n) is 10.3. The third-order valence-corrected chi connectivity index (χ3v) is 5.70. The number of carbonyl (C=O) groups excluding carboxylic acids is 1. The van der Waals surface area contributed by atoms with Crippen LogP contribution in [0.15, 0.2) is 18.3 Å². The lowest BCUT2D eigenvalue weighted by molar-refractivity contribution is 0.0782. The van der Waals surface area contributed by atoms with Gasteiger partial charge in [0.2, 0.25) is 0 Å². The third kappa shape index (κ3) is 3.76. The van der Waals surface area contributed by atoms with E-state index in [0.29, 0.717) is 23.6 Å². The van der Waals surface area contributed by atoms with E-state index in [1.807, 2.05) is 13.8 Å². The summed E-state index contributed by atoms with van der Waals surface area (Å²) in [5.41, 5.74) is 4.59. The van der Waals surface area contributed by atoms with E-state index in [1.165, 1.54) is 30.5 Å². The number of aliphatic hydroxyl groups is 1. The molecule has 154 valence electrons. The number of hydrogen-bond acceptors (Lipinski definition) is 5. The quantitative estimate of drug-likeness (QED) is 0.646. The molecule has 0 bridgehead atoms. The number of rotatable bonds is 5. The molecule has 0 saturated carbocycles. The highest BCUT2D eigenvalue weighted by Gasteiger charge is 2.22. The fraction of sp³-hybridized carbons (Fsp3) is 0.524. The summed E-state index contributed by atoms with van der Waals surface area (Å²) in [6, 6.07) is 3.50. The van der Waals surface area contributed by atoms with Crippen molar-refractivity contribution in [1.29, 1.82) is 0 Å². The van der Waals surface area contributed by atoms with Gasteiger partial charge in [0.1, 0.15) is 6.10 Å². The van der Waals surface area contributed by atoms with Crippen LogP contribution >= 0.6 is 0 Å². The first-order valence-corrected chi connectivity index (χ1v) is 10.3. The van der Waals surface area contributed by atoms with Gasteiger partial charge in [0.25, 0.3) is 5.91 Å².